The van der Waals surface area contributed by atoms with Gasteiger partial charge in [0.1, 0.15) is 5.75 Å². The van der Waals surface area contributed by atoms with Gasteiger partial charge in [0, 0.05) is 22.0 Å². The summed E-state index contributed by atoms with van der Waals surface area (Å²) in [4.78, 5) is 3.32. The Kier molecular flexibility index (Phi) is 1.66. The molecule has 3 aromatic rings. The number of aromatic amines is 1. The molecule has 0 amide bonds. The second-order valence-electron chi connectivity index (χ2n) is 4.06. The van der Waals surface area contributed by atoms with Crippen LogP contribution in [0.25, 0.3) is 21.8 Å². The third kappa shape index (κ3) is 1.08. The molecule has 0 aliphatic carbocycles. The largest absolute Gasteiger partial charge is 0.508 e. The van der Waals surface area contributed by atoms with Crippen LogP contribution >= 0.6 is 0 Å². The van der Waals surface area contributed by atoms with Gasteiger partial charge in [-0.1, -0.05) is 6.07 Å². The number of nitrogen functional groups attached to an aromatic ring is 1. The lowest BCUT2D eigenvalue weighted by atomic mass is 10.1. The smallest absolute Gasteiger partial charge is 0.116 e. The maximum absolute atomic E-state index is 9.49. The lowest BCUT2D eigenvalue weighted by Gasteiger charge is -2.00. The Morgan fingerprint density at radius 2 is 1.94 bits per heavy atom. The number of aromatic hydroxyl groups is 1. The van der Waals surface area contributed by atoms with E-state index >= 15 is 0 Å². The summed E-state index contributed by atoms with van der Waals surface area (Å²) in [5, 5.41) is 11.6. The van der Waals surface area contributed by atoms with Crippen LogP contribution in [0, 0.1) is 6.92 Å². The topological polar surface area (TPSA) is 62.0 Å². The number of phenols is 1. The molecule has 0 radical (unpaired) electrons. The van der Waals surface area contributed by atoms with Gasteiger partial charge in [-0.05, 0) is 36.8 Å². The molecular weight excluding hydrogens is 200 g/mol. The highest BCUT2D eigenvalue weighted by molar-refractivity contribution is 6.09. The van der Waals surface area contributed by atoms with Crippen LogP contribution in [0.15, 0.2) is 30.3 Å². The van der Waals surface area contributed by atoms with Gasteiger partial charge in [-0.3, -0.25) is 0 Å². The number of nitrogens with one attached hydrogen (secondary N) is 1. The average molecular weight is 212 g/mol. The highest BCUT2D eigenvalue weighted by Crippen LogP contribution is 2.31. The van der Waals surface area contributed by atoms with Gasteiger partial charge >= 0.3 is 0 Å². The summed E-state index contributed by atoms with van der Waals surface area (Å²) in [5.74, 6) is 0.280. The number of hydrogen-bond donors (Lipinski definition) is 3. The predicted molar refractivity (Wildman–Crippen MR) is 66.6 cm³/mol. The van der Waals surface area contributed by atoms with E-state index in [4.69, 9.17) is 5.73 Å². The molecule has 0 unspecified atom stereocenters. The maximum atomic E-state index is 9.49. The van der Waals surface area contributed by atoms with E-state index in [9.17, 15) is 5.11 Å². The van der Waals surface area contributed by atoms with Crippen molar-refractivity contribution in [1.29, 1.82) is 0 Å². The highest BCUT2D eigenvalue weighted by Gasteiger charge is 2.08. The minimum Gasteiger partial charge on any atom is -0.508 e. The molecule has 0 bridgehead atoms. The van der Waals surface area contributed by atoms with Gasteiger partial charge < -0.3 is 15.8 Å². The fourth-order valence-electron chi connectivity index (χ4n) is 2.11. The van der Waals surface area contributed by atoms with Gasteiger partial charge in [-0.15, -0.1) is 0 Å². The summed E-state index contributed by atoms with van der Waals surface area (Å²) in [6.45, 7) is 1.99. The van der Waals surface area contributed by atoms with E-state index in [0.717, 1.165) is 33.1 Å². The van der Waals surface area contributed by atoms with Crippen molar-refractivity contribution < 1.29 is 5.11 Å². The Hall–Kier alpha value is -2.16. The molecule has 1 aromatic heterocycles. The van der Waals surface area contributed by atoms with Crippen LogP contribution in [-0.2, 0) is 0 Å². The molecular formula is C13H12N2O. The Labute approximate surface area is 92.5 Å². The summed E-state index contributed by atoms with van der Waals surface area (Å²) in [5.41, 5.74) is 9.76. The Morgan fingerprint density at radius 1 is 1.12 bits per heavy atom. The van der Waals surface area contributed by atoms with Crippen molar-refractivity contribution >= 4 is 27.5 Å². The van der Waals surface area contributed by atoms with E-state index in [1.165, 1.54) is 0 Å². The Morgan fingerprint density at radius 3 is 2.75 bits per heavy atom. The van der Waals surface area contributed by atoms with Crippen molar-refractivity contribution in [2.45, 2.75) is 6.92 Å². The van der Waals surface area contributed by atoms with E-state index in [1.807, 2.05) is 25.1 Å². The standard InChI is InChI=1S/C13H12N2O/c1-7-11(14)4-3-9-10-6-8(16)2-5-12(10)15-13(7)9/h2-6,15-16H,14H2,1H3. The van der Waals surface area contributed by atoms with E-state index in [2.05, 4.69) is 4.98 Å². The van der Waals surface area contributed by atoms with Crippen molar-refractivity contribution in [3.05, 3.63) is 35.9 Å². The molecule has 16 heavy (non-hydrogen) atoms. The number of aromatic nitrogens is 1. The summed E-state index contributed by atoms with van der Waals surface area (Å²) in [7, 11) is 0. The van der Waals surface area contributed by atoms with E-state index in [1.54, 1.807) is 12.1 Å². The first kappa shape index (κ1) is 9.09. The number of nitrogens with two attached hydrogens (primary N) is 1. The number of fused-ring (bicyclic) bond motifs is 3. The highest BCUT2D eigenvalue weighted by atomic mass is 16.3. The first-order valence-corrected chi connectivity index (χ1v) is 5.16. The number of H-pyrrole nitrogens is 1. The van der Waals surface area contributed by atoms with Crippen LogP contribution in [0.1, 0.15) is 5.56 Å². The van der Waals surface area contributed by atoms with Crippen molar-refractivity contribution in [2.75, 3.05) is 5.73 Å². The third-order valence-electron chi connectivity index (χ3n) is 3.06. The quantitative estimate of drug-likeness (QED) is 0.502. The average Bonchev–Trinajstić information content (AvgIpc) is 2.62. The molecule has 0 atom stereocenters. The van der Waals surface area contributed by atoms with Gasteiger partial charge in [0.25, 0.3) is 0 Å². The van der Waals surface area contributed by atoms with Crippen LogP contribution in [0.2, 0.25) is 0 Å². The summed E-state index contributed by atoms with van der Waals surface area (Å²) < 4.78 is 0. The molecule has 3 rings (SSSR count). The Balaban J connectivity index is 2.56. The van der Waals surface area contributed by atoms with Crippen LogP contribution in [0.4, 0.5) is 5.69 Å². The van der Waals surface area contributed by atoms with Crippen molar-refractivity contribution in [2.24, 2.45) is 0 Å². The molecule has 0 spiro atoms. The fraction of sp³-hybridized carbons (Fsp3) is 0.0769. The molecule has 2 aromatic carbocycles. The first-order valence-electron chi connectivity index (χ1n) is 5.16. The number of phenolic OH excluding ortho intramolecular Hbond substituents is 1. The molecule has 3 heteroatoms. The molecule has 0 saturated carbocycles. The zero-order valence-electron chi connectivity index (χ0n) is 8.91. The number of rotatable bonds is 0. The number of anilines is 1. The number of benzene rings is 2. The van der Waals surface area contributed by atoms with E-state index in [-0.39, 0.29) is 5.75 Å². The minimum absolute atomic E-state index is 0.280. The zero-order chi connectivity index (χ0) is 11.3. The van der Waals surface area contributed by atoms with E-state index in [0.29, 0.717) is 0 Å². The van der Waals surface area contributed by atoms with Gasteiger partial charge in [0.15, 0.2) is 0 Å². The van der Waals surface area contributed by atoms with Crippen LogP contribution in [-0.4, -0.2) is 10.1 Å². The monoisotopic (exact) mass is 212 g/mol. The van der Waals surface area contributed by atoms with Gasteiger partial charge in [0.2, 0.25) is 0 Å². The normalized spacial score (nSPS) is 11.3. The van der Waals surface area contributed by atoms with Crippen molar-refractivity contribution in [1.82, 2.24) is 4.98 Å². The lowest BCUT2D eigenvalue weighted by molar-refractivity contribution is 0.476. The molecule has 0 aliphatic rings. The Bertz CT molecular complexity index is 698. The van der Waals surface area contributed by atoms with E-state index < -0.39 is 0 Å². The van der Waals surface area contributed by atoms with Crippen molar-refractivity contribution in [3.63, 3.8) is 0 Å². The molecule has 80 valence electrons. The minimum atomic E-state index is 0.280. The molecule has 1 heterocycles. The van der Waals surface area contributed by atoms with Crippen LogP contribution < -0.4 is 5.73 Å². The van der Waals surface area contributed by atoms with Crippen LogP contribution in [0.5, 0.6) is 5.75 Å². The molecule has 0 aliphatic heterocycles. The number of hydrogen-bond acceptors (Lipinski definition) is 2. The molecule has 3 nitrogen and oxygen atoms in total. The van der Waals surface area contributed by atoms with Crippen molar-refractivity contribution in [3.8, 4) is 5.75 Å². The second-order valence-corrected chi connectivity index (χ2v) is 4.06. The molecule has 4 N–H and O–H groups in total. The zero-order valence-corrected chi connectivity index (χ0v) is 8.91. The van der Waals surface area contributed by atoms with Gasteiger partial charge in [-0.2, -0.15) is 0 Å². The SMILES string of the molecule is Cc1c(N)ccc2c1[nH]c1ccc(O)cc12. The summed E-state index contributed by atoms with van der Waals surface area (Å²) >= 11 is 0. The first-order chi connectivity index (χ1) is 7.66. The third-order valence-corrected chi connectivity index (χ3v) is 3.06. The second kappa shape index (κ2) is 2.92. The van der Waals surface area contributed by atoms with Crippen LogP contribution in [0.3, 0.4) is 0 Å². The predicted octanol–water partition coefficient (Wildman–Crippen LogP) is 2.92. The fourth-order valence-corrected chi connectivity index (χ4v) is 2.11. The molecule has 0 fully saturated rings. The summed E-state index contributed by atoms with van der Waals surface area (Å²) in [6.07, 6.45) is 0. The molecule has 0 saturated heterocycles. The summed E-state index contributed by atoms with van der Waals surface area (Å²) in [6, 6.07) is 9.20. The lowest BCUT2D eigenvalue weighted by Crippen LogP contribution is -1.89. The number of aryl methyl sites for hydroxylation is 1. The van der Waals surface area contributed by atoms with Gasteiger partial charge in [-0.25, -0.2) is 0 Å². The van der Waals surface area contributed by atoms with Gasteiger partial charge in [0.05, 0.1) is 5.52 Å². The maximum Gasteiger partial charge on any atom is 0.116 e.